The van der Waals surface area contributed by atoms with E-state index in [2.05, 4.69) is 10.1 Å². The van der Waals surface area contributed by atoms with Gasteiger partial charge in [0.15, 0.2) is 11.9 Å². The summed E-state index contributed by atoms with van der Waals surface area (Å²) in [5, 5.41) is 4.00. The minimum Gasteiger partial charge on any atom is -0.481 e. The van der Waals surface area contributed by atoms with Gasteiger partial charge in [-0.3, -0.25) is 4.79 Å². The molecule has 0 radical (unpaired) electrons. The molecule has 1 heterocycles. The van der Waals surface area contributed by atoms with Crippen molar-refractivity contribution in [1.82, 2.24) is 15.0 Å². The highest BCUT2D eigenvalue weighted by Crippen LogP contribution is 2.18. The molecule has 1 unspecified atom stereocenters. The Morgan fingerprint density at radius 1 is 1.15 bits per heavy atom. The van der Waals surface area contributed by atoms with Gasteiger partial charge in [0.05, 0.1) is 0 Å². The zero-order chi connectivity index (χ0) is 19.2. The Morgan fingerprint density at radius 2 is 1.85 bits per heavy atom. The van der Waals surface area contributed by atoms with Crippen LogP contribution in [0.1, 0.15) is 18.3 Å². The SMILES string of the molecule is Cc1ccc(-c2nc(CCN(C)C(=O)C(C)Oc3ccccc3)no2)cc1. The fourth-order valence-electron chi connectivity index (χ4n) is 2.61. The first kappa shape index (κ1) is 18.6. The standard InChI is InChI=1S/C21H23N3O3/c1-15-9-11-17(12-10-15)20-22-19(23-27-20)13-14-24(3)21(25)16(2)26-18-7-5-4-6-8-18/h4-12,16H,13-14H2,1-3H3. The van der Waals surface area contributed by atoms with E-state index < -0.39 is 6.10 Å². The second kappa shape index (κ2) is 8.49. The van der Waals surface area contributed by atoms with Gasteiger partial charge in [-0.25, -0.2) is 0 Å². The summed E-state index contributed by atoms with van der Waals surface area (Å²) in [5.41, 5.74) is 2.05. The summed E-state index contributed by atoms with van der Waals surface area (Å²) in [5.74, 6) is 1.63. The Bertz CT molecular complexity index is 875. The van der Waals surface area contributed by atoms with Crippen LogP contribution in [0.2, 0.25) is 0 Å². The van der Waals surface area contributed by atoms with Crippen molar-refractivity contribution >= 4 is 5.91 Å². The third-order valence-corrected chi connectivity index (χ3v) is 4.22. The molecule has 2 aromatic carbocycles. The molecule has 0 saturated carbocycles. The van der Waals surface area contributed by atoms with E-state index in [9.17, 15) is 4.79 Å². The number of carbonyl (C=O) groups is 1. The number of likely N-dealkylation sites (N-methyl/N-ethyl adjacent to an activating group) is 1. The molecule has 0 aliphatic rings. The molecule has 3 rings (SSSR count). The summed E-state index contributed by atoms with van der Waals surface area (Å²) >= 11 is 0. The molecule has 0 bridgehead atoms. The Kier molecular flexibility index (Phi) is 5.86. The molecular weight excluding hydrogens is 342 g/mol. The van der Waals surface area contributed by atoms with E-state index in [0.717, 1.165) is 5.56 Å². The topological polar surface area (TPSA) is 68.5 Å². The van der Waals surface area contributed by atoms with Crippen molar-refractivity contribution in [1.29, 1.82) is 0 Å². The van der Waals surface area contributed by atoms with Crippen molar-refractivity contribution in [2.45, 2.75) is 26.4 Å². The lowest BCUT2D eigenvalue weighted by Gasteiger charge is -2.21. The van der Waals surface area contributed by atoms with Crippen LogP contribution in [0.4, 0.5) is 0 Å². The minimum absolute atomic E-state index is 0.0962. The van der Waals surface area contributed by atoms with Crippen LogP contribution in [0.25, 0.3) is 11.5 Å². The van der Waals surface area contributed by atoms with Crippen LogP contribution < -0.4 is 4.74 Å². The van der Waals surface area contributed by atoms with Gasteiger partial charge in [0.1, 0.15) is 5.75 Å². The highest BCUT2D eigenvalue weighted by molar-refractivity contribution is 5.80. The number of aryl methyl sites for hydroxylation is 1. The summed E-state index contributed by atoms with van der Waals surface area (Å²) in [6, 6.07) is 17.2. The highest BCUT2D eigenvalue weighted by Gasteiger charge is 2.20. The summed E-state index contributed by atoms with van der Waals surface area (Å²) < 4.78 is 11.0. The number of rotatable bonds is 7. The summed E-state index contributed by atoms with van der Waals surface area (Å²) in [4.78, 5) is 18.5. The molecule has 1 aromatic heterocycles. The Morgan fingerprint density at radius 3 is 2.56 bits per heavy atom. The van der Waals surface area contributed by atoms with Crippen molar-refractivity contribution < 1.29 is 14.1 Å². The smallest absolute Gasteiger partial charge is 0.263 e. The first-order valence-corrected chi connectivity index (χ1v) is 8.89. The van der Waals surface area contributed by atoms with Gasteiger partial charge in [0, 0.05) is 25.6 Å². The van der Waals surface area contributed by atoms with Gasteiger partial charge >= 0.3 is 0 Å². The molecule has 1 atom stereocenters. The number of nitrogens with zero attached hydrogens (tertiary/aromatic N) is 3. The molecule has 0 fully saturated rings. The maximum atomic E-state index is 12.5. The first-order valence-electron chi connectivity index (χ1n) is 8.89. The third kappa shape index (κ3) is 4.94. The molecule has 0 aliphatic carbocycles. The Balaban J connectivity index is 1.53. The van der Waals surface area contributed by atoms with Crippen LogP contribution in [0.3, 0.4) is 0 Å². The van der Waals surface area contributed by atoms with Crippen LogP contribution >= 0.6 is 0 Å². The second-order valence-electron chi connectivity index (χ2n) is 6.46. The molecule has 0 aliphatic heterocycles. The second-order valence-corrected chi connectivity index (χ2v) is 6.46. The van der Waals surface area contributed by atoms with Crippen LogP contribution in [-0.2, 0) is 11.2 Å². The predicted molar refractivity (Wildman–Crippen MR) is 102 cm³/mol. The summed E-state index contributed by atoms with van der Waals surface area (Å²) in [6.45, 7) is 4.25. The quantitative estimate of drug-likeness (QED) is 0.641. The van der Waals surface area contributed by atoms with Gasteiger partial charge in [0.25, 0.3) is 11.8 Å². The molecular formula is C21H23N3O3. The monoisotopic (exact) mass is 365 g/mol. The highest BCUT2D eigenvalue weighted by atomic mass is 16.5. The number of amides is 1. The molecule has 1 amide bonds. The van der Waals surface area contributed by atoms with E-state index in [1.54, 1.807) is 18.9 Å². The van der Waals surface area contributed by atoms with Crippen LogP contribution in [0, 0.1) is 6.92 Å². The van der Waals surface area contributed by atoms with E-state index in [1.165, 1.54) is 5.56 Å². The van der Waals surface area contributed by atoms with Gasteiger partial charge in [0.2, 0.25) is 0 Å². The van der Waals surface area contributed by atoms with Gasteiger partial charge in [-0.05, 0) is 38.1 Å². The largest absolute Gasteiger partial charge is 0.481 e. The van der Waals surface area contributed by atoms with Gasteiger partial charge in [-0.15, -0.1) is 0 Å². The van der Waals surface area contributed by atoms with Crippen molar-refractivity contribution in [3.63, 3.8) is 0 Å². The fourth-order valence-corrected chi connectivity index (χ4v) is 2.61. The Labute approximate surface area is 158 Å². The maximum absolute atomic E-state index is 12.5. The molecule has 6 heteroatoms. The van der Waals surface area contributed by atoms with Gasteiger partial charge < -0.3 is 14.2 Å². The lowest BCUT2D eigenvalue weighted by molar-refractivity contribution is -0.136. The number of aromatic nitrogens is 2. The average molecular weight is 365 g/mol. The number of hydrogen-bond acceptors (Lipinski definition) is 5. The maximum Gasteiger partial charge on any atom is 0.263 e. The van der Waals surface area contributed by atoms with Crippen molar-refractivity contribution in [2.24, 2.45) is 0 Å². The first-order chi connectivity index (χ1) is 13.0. The zero-order valence-electron chi connectivity index (χ0n) is 15.8. The van der Waals surface area contributed by atoms with E-state index in [-0.39, 0.29) is 5.91 Å². The summed E-state index contributed by atoms with van der Waals surface area (Å²) in [6.07, 6.45) is -0.0545. The molecule has 0 spiro atoms. The fraction of sp³-hybridized carbons (Fsp3) is 0.286. The molecule has 6 nitrogen and oxygen atoms in total. The van der Waals surface area contributed by atoms with Gasteiger partial charge in [-0.1, -0.05) is 41.1 Å². The van der Waals surface area contributed by atoms with Crippen LogP contribution in [-0.4, -0.2) is 40.6 Å². The molecule has 27 heavy (non-hydrogen) atoms. The van der Waals surface area contributed by atoms with Crippen molar-refractivity contribution in [2.75, 3.05) is 13.6 Å². The number of ether oxygens (including phenoxy) is 1. The zero-order valence-corrected chi connectivity index (χ0v) is 15.8. The number of benzene rings is 2. The predicted octanol–water partition coefficient (Wildman–Crippen LogP) is 3.51. The van der Waals surface area contributed by atoms with Crippen molar-refractivity contribution in [3.8, 4) is 17.2 Å². The lowest BCUT2D eigenvalue weighted by Crippen LogP contribution is -2.39. The number of para-hydroxylation sites is 1. The van der Waals surface area contributed by atoms with E-state index in [4.69, 9.17) is 9.26 Å². The minimum atomic E-state index is -0.564. The van der Waals surface area contributed by atoms with E-state index in [0.29, 0.717) is 30.4 Å². The third-order valence-electron chi connectivity index (χ3n) is 4.22. The number of carbonyl (C=O) groups excluding carboxylic acids is 1. The lowest BCUT2D eigenvalue weighted by atomic mass is 10.1. The van der Waals surface area contributed by atoms with Crippen LogP contribution in [0.5, 0.6) is 5.75 Å². The molecule has 0 N–H and O–H groups in total. The molecule has 0 saturated heterocycles. The van der Waals surface area contributed by atoms with Crippen molar-refractivity contribution in [3.05, 3.63) is 66.0 Å². The number of hydrogen-bond donors (Lipinski definition) is 0. The molecule has 140 valence electrons. The normalized spacial score (nSPS) is 11.8. The van der Waals surface area contributed by atoms with Crippen LogP contribution in [0.15, 0.2) is 59.1 Å². The van der Waals surface area contributed by atoms with E-state index in [1.807, 2.05) is 61.5 Å². The average Bonchev–Trinajstić information content (AvgIpc) is 3.16. The van der Waals surface area contributed by atoms with Gasteiger partial charge in [-0.2, -0.15) is 4.98 Å². The van der Waals surface area contributed by atoms with E-state index >= 15 is 0 Å². The summed E-state index contributed by atoms with van der Waals surface area (Å²) in [7, 11) is 1.74. The Hall–Kier alpha value is -3.15. The molecule has 3 aromatic rings.